The van der Waals surface area contributed by atoms with E-state index in [0.29, 0.717) is 10.8 Å². The summed E-state index contributed by atoms with van der Waals surface area (Å²) in [6, 6.07) is 0. The Labute approximate surface area is 164 Å². The number of hydrogen-bond donors (Lipinski definition) is 0. The van der Waals surface area contributed by atoms with Crippen molar-refractivity contribution in [3.05, 3.63) is 0 Å². The first-order valence-corrected chi connectivity index (χ1v) is 12.4. The highest BCUT2D eigenvalue weighted by Crippen LogP contribution is 2.68. The van der Waals surface area contributed by atoms with Crippen LogP contribution in [0.25, 0.3) is 0 Å². The largest absolute Gasteiger partial charge is 0.0628 e. The van der Waals surface area contributed by atoms with Crippen LogP contribution in [0.5, 0.6) is 0 Å². The smallest absolute Gasteiger partial charge is 0.0264 e. The second kappa shape index (κ2) is 7.11. The summed E-state index contributed by atoms with van der Waals surface area (Å²) in [7, 11) is 0. The minimum Gasteiger partial charge on any atom is -0.0628 e. The molecule has 0 aromatic rings. The lowest BCUT2D eigenvalue weighted by Gasteiger charge is -2.61. The van der Waals surface area contributed by atoms with E-state index in [0.717, 1.165) is 41.4 Å². The van der Waals surface area contributed by atoms with Gasteiger partial charge in [-0.3, -0.25) is 0 Å². The molecule has 8 atom stereocenters. The molecule has 4 fully saturated rings. The SMILES string of the molecule is CC(C)CC[C@@H](C)[C@H]1CC[C@H]2[C@@H]3CC[C@@H]4CCCC[C@]4(C)[C@H]3CC[C@]12C. The van der Waals surface area contributed by atoms with Gasteiger partial charge in [-0.2, -0.15) is 0 Å². The second-order valence-corrected chi connectivity index (χ2v) is 12.1. The highest BCUT2D eigenvalue weighted by atomic mass is 14.6. The van der Waals surface area contributed by atoms with Crippen molar-refractivity contribution in [2.45, 2.75) is 112 Å². The van der Waals surface area contributed by atoms with E-state index in [2.05, 4.69) is 34.6 Å². The monoisotopic (exact) mass is 358 g/mol. The molecule has 0 aliphatic heterocycles. The van der Waals surface area contributed by atoms with Crippen molar-refractivity contribution >= 4 is 0 Å². The standard InChI is InChI=1S/C26H46/c1-18(2)9-10-19(3)22-13-14-23-21-12-11-20-8-6-7-16-25(20,4)24(21)15-17-26(22,23)5/h18-24H,6-17H2,1-5H3/t19-,20+,21+,22-,23+,24+,25+,26-/m1/s1. The van der Waals surface area contributed by atoms with Gasteiger partial charge in [-0.05, 0) is 104 Å². The van der Waals surface area contributed by atoms with Crippen molar-refractivity contribution in [2.24, 2.45) is 52.3 Å². The molecule has 0 aromatic heterocycles. The molecular formula is C26H46. The van der Waals surface area contributed by atoms with Gasteiger partial charge in [0.05, 0.1) is 0 Å². The summed E-state index contributed by atoms with van der Waals surface area (Å²) < 4.78 is 0. The molecule has 0 spiro atoms. The quantitative estimate of drug-likeness (QED) is 0.476. The Hall–Kier alpha value is 0. The molecule has 0 radical (unpaired) electrons. The average molecular weight is 359 g/mol. The Bertz CT molecular complexity index is 492. The molecule has 4 rings (SSSR count). The first-order valence-electron chi connectivity index (χ1n) is 12.4. The first kappa shape index (κ1) is 19.3. The van der Waals surface area contributed by atoms with Crippen LogP contribution in [0.3, 0.4) is 0 Å². The van der Waals surface area contributed by atoms with E-state index >= 15 is 0 Å². The third-order valence-electron chi connectivity index (χ3n) is 10.5. The zero-order valence-corrected chi connectivity index (χ0v) is 18.5. The van der Waals surface area contributed by atoms with Gasteiger partial charge in [-0.15, -0.1) is 0 Å². The summed E-state index contributed by atoms with van der Waals surface area (Å²) in [6.07, 6.45) is 18.4. The first-order chi connectivity index (χ1) is 12.4. The molecule has 0 heteroatoms. The lowest BCUT2D eigenvalue weighted by molar-refractivity contribution is -0.114. The molecule has 0 aromatic carbocycles. The van der Waals surface area contributed by atoms with Crippen molar-refractivity contribution < 1.29 is 0 Å². The highest BCUT2D eigenvalue weighted by molar-refractivity contribution is 5.09. The van der Waals surface area contributed by atoms with E-state index in [1.807, 2.05) is 0 Å². The van der Waals surface area contributed by atoms with Gasteiger partial charge in [0.15, 0.2) is 0 Å². The van der Waals surface area contributed by atoms with Crippen LogP contribution in [0.2, 0.25) is 0 Å². The minimum atomic E-state index is 0.676. The van der Waals surface area contributed by atoms with E-state index in [-0.39, 0.29) is 0 Å². The predicted octanol–water partition coefficient (Wildman–Crippen LogP) is 8.11. The molecule has 0 N–H and O–H groups in total. The van der Waals surface area contributed by atoms with Gasteiger partial charge in [-0.25, -0.2) is 0 Å². The fraction of sp³-hybridized carbons (Fsp3) is 1.00. The molecule has 0 amide bonds. The zero-order valence-electron chi connectivity index (χ0n) is 18.5. The van der Waals surface area contributed by atoms with Crippen LogP contribution in [0, 0.1) is 52.3 Å². The Balaban J connectivity index is 1.51. The molecular weight excluding hydrogens is 312 g/mol. The normalized spacial score (nSPS) is 49.4. The van der Waals surface area contributed by atoms with Crippen LogP contribution in [0.15, 0.2) is 0 Å². The fourth-order valence-corrected chi connectivity index (χ4v) is 9.07. The summed E-state index contributed by atoms with van der Waals surface area (Å²) in [5.74, 6) is 7.13. The van der Waals surface area contributed by atoms with Gasteiger partial charge in [0.25, 0.3) is 0 Å². The van der Waals surface area contributed by atoms with Crippen LogP contribution in [-0.2, 0) is 0 Å². The third kappa shape index (κ3) is 3.00. The van der Waals surface area contributed by atoms with Gasteiger partial charge in [0.1, 0.15) is 0 Å². The number of fused-ring (bicyclic) bond motifs is 5. The lowest BCUT2D eigenvalue weighted by Crippen LogP contribution is -2.53. The fourth-order valence-electron chi connectivity index (χ4n) is 9.07. The number of hydrogen-bond acceptors (Lipinski definition) is 0. The summed E-state index contributed by atoms with van der Waals surface area (Å²) in [6.45, 7) is 12.9. The van der Waals surface area contributed by atoms with E-state index in [9.17, 15) is 0 Å². The Morgan fingerprint density at radius 3 is 2.27 bits per heavy atom. The van der Waals surface area contributed by atoms with Gasteiger partial charge in [0.2, 0.25) is 0 Å². The van der Waals surface area contributed by atoms with Gasteiger partial charge in [0, 0.05) is 0 Å². The predicted molar refractivity (Wildman–Crippen MR) is 113 cm³/mol. The van der Waals surface area contributed by atoms with Gasteiger partial charge < -0.3 is 0 Å². The van der Waals surface area contributed by atoms with Crippen molar-refractivity contribution in [1.29, 1.82) is 0 Å². The van der Waals surface area contributed by atoms with E-state index in [4.69, 9.17) is 0 Å². The highest BCUT2D eigenvalue weighted by Gasteiger charge is 2.59. The van der Waals surface area contributed by atoms with E-state index in [1.54, 1.807) is 51.4 Å². The lowest BCUT2D eigenvalue weighted by atomic mass is 9.44. The van der Waals surface area contributed by atoms with Crippen LogP contribution in [-0.4, -0.2) is 0 Å². The molecule has 26 heavy (non-hydrogen) atoms. The molecule has 0 saturated heterocycles. The van der Waals surface area contributed by atoms with E-state index in [1.165, 1.54) is 25.7 Å². The summed E-state index contributed by atoms with van der Waals surface area (Å²) in [4.78, 5) is 0. The topological polar surface area (TPSA) is 0 Å². The molecule has 0 unspecified atom stereocenters. The molecule has 4 aliphatic rings. The Morgan fingerprint density at radius 1 is 0.731 bits per heavy atom. The van der Waals surface area contributed by atoms with E-state index < -0.39 is 0 Å². The molecule has 4 aliphatic carbocycles. The number of rotatable bonds is 4. The molecule has 0 bridgehead atoms. The summed E-state index contributed by atoms with van der Waals surface area (Å²) in [5.41, 5.74) is 1.39. The van der Waals surface area contributed by atoms with Crippen LogP contribution < -0.4 is 0 Å². The molecule has 4 saturated carbocycles. The maximum absolute atomic E-state index is 2.74. The van der Waals surface area contributed by atoms with Crippen LogP contribution in [0.1, 0.15) is 112 Å². The third-order valence-corrected chi connectivity index (χ3v) is 10.5. The van der Waals surface area contributed by atoms with Gasteiger partial charge in [-0.1, -0.05) is 60.3 Å². The van der Waals surface area contributed by atoms with Crippen LogP contribution in [0.4, 0.5) is 0 Å². The minimum absolute atomic E-state index is 0.676. The van der Waals surface area contributed by atoms with Crippen LogP contribution >= 0.6 is 0 Å². The summed E-state index contributed by atoms with van der Waals surface area (Å²) >= 11 is 0. The Morgan fingerprint density at radius 2 is 1.50 bits per heavy atom. The van der Waals surface area contributed by atoms with Crippen molar-refractivity contribution in [2.75, 3.05) is 0 Å². The Kier molecular flexibility index (Phi) is 5.28. The van der Waals surface area contributed by atoms with Crippen molar-refractivity contribution in [3.63, 3.8) is 0 Å². The van der Waals surface area contributed by atoms with Gasteiger partial charge >= 0.3 is 0 Å². The molecule has 0 heterocycles. The van der Waals surface area contributed by atoms with Crippen molar-refractivity contribution in [1.82, 2.24) is 0 Å². The molecule has 150 valence electrons. The molecule has 0 nitrogen and oxygen atoms in total. The maximum Gasteiger partial charge on any atom is -0.0264 e. The van der Waals surface area contributed by atoms with Crippen molar-refractivity contribution in [3.8, 4) is 0 Å². The maximum atomic E-state index is 2.74. The zero-order chi connectivity index (χ0) is 18.5. The summed E-state index contributed by atoms with van der Waals surface area (Å²) in [5, 5.41) is 0. The average Bonchev–Trinajstić information content (AvgIpc) is 2.96. The second-order valence-electron chi connectivity index (χ2n) is 12.1.